The lowest BCUT2D eigenvalue weighted by Gasteiger charge is -2.34. The molecule has 0 spiro atoms. The van der Waals surface area contributed by atoms with E-state index in [1.807, 2.05) is 17.0 Å². The van der Waals surface area contributed by atoms with Gasteiger partial charge in [-0.05, 0) is 35.9 Å². The van der Waals surface area contributed by atoms with E-state index in [0.717, 1.165) is 18.7 Å². The Balaban J connectivity index is 1.39. The van der Waals surface area contributed by atoms with Crippen LogP contribution in [0.4, 0.5) is 5.69 Å². The number of nitrogen functional groups attached to an aromatic ring is 1. The molecule has 0 saturated carbocycles. The SMILES string of the molecule is COc1cc(C=CC(=O)NCCN2CCN(C(=O)c3ccccc3N)CC2)ccc1O. The van der Waals surface area contributed by atoms with Gasteiger partial charge in [0, 0.05) is 51.0 Å². The number of ether oxygens (including phenoxy) is 1. The van der Waals surface area contributed by atoms with Crippen molar-refractivity contribution >= 4 is 23.6 Å². The third-order valence-corrected chi connectivity index (χ3v) is 5.21. The van der Waals surface area contributed by atoms with Gasteiger partial charge in [-0.25, -0.2) is 0 Å². The average Bonchev–Trinajstić information content (AvgIpc) is 2.79. The molecule has 2 amide bonds. The molecule has 1 aliphatic heterocycles. The number of hydrogen-bond donors (Lipinski definition) is 3. The predicted octanol–water partition coefficient (Wildman–Crippen LogP) is 1.57. The number of nitrogens with zero attached hydrogens (tertiary/aromatic N) is 2. The molecule has 3 rings (SSSR count). The zero-order valence-electron chi connectivity index (χ0n) is 17.6. The Morgan fingerprint density at radius 1 is 1.16 bits per heavy atom. The lowest BCUT2D eigenvalue weighted by Crippen LogP contribution is -2.50. The number of anilines is 1. The van der Waals surface area contributed by atoms with E-state index in [9.17, 15) is 14.7 Å². The van der Waals surface area contributed by atoms with E-state index < -0.39 is 0 Å². The molecular weight excluding hydrogens is 396 g/mol. The van der Waals surface area contributed by atoms with Gasteiger partial charge < -0.3 is 25.8 Å². The van der Waals surface area contributed by atoms with Crippen molar-refractivity contribution in [3.8, 4) is 11.5 Å². The van der Waals surface area contributed by atoms with Crippen LogP contribution in [0.3, 0.4) is 0 Å². The van der Waals surface area contributed by atoms with Crippen LogP contribution in [-0.4, -0.2) is 73.1 Å². The Labute approximate surface area is 181 Å². The smallest absolute Gasteiger partial charge is 0.256 e. The van der Waals surface area contributed by atoms with E-state index in [4.69, 9.17) is 10.5 Å². The van der Waals surface area contributed by atoms with Gasteiger partial charge in [-0.2, -0.15) is 0 Å². The van der Waals surface area contributed by atoms with Crippen LogP contribution < -0.4 is 15.8 Å². The summed E-state index contributed by atoms with van der Waals surface area (Å²) in [6, 6.07) is 12.0. The molecule has 0 aromatic heterocycles. The molecule has 1 aliphatic rings. The minimum Gasteiger partial charge on any atom is -0.504 e. The highest BCUT2D eigenvalue weighted by Gasteiger charge is 2.23. The first-order valence-electron chi connectivity index (χ1n) is 10.2. The zero-order valence-corrected chi connectivity index (χ0v) is 17.6. The highest BCUT2D eigenvalue weighted by molar-refractivity contribution is 5.99. The molecule has 1 heterocycles. The van der Waals surface area contributed by atoms with E-state index in [2.05, 4.69) is 10.2 Å². The maximum atomic E-state index is 12.6. The summed E-state index contributed by atoms with van der Waals surface area (Å²) in [4.78, 5) is 28.7. The van der Waals surface area contributed by atoms with E-state index in [-0.39, 0.29) is 17.6 Å². The summed E-state index contributed by atoms with van der Waals surface area (Å²) >= 11 is 0. The van der Waals surface area contributed by atoms with Gasteiger partial charge in [0.2, 0.25) is 5.91 Å². The fourth-order valence-corrected chi connectivity index (χ4v) is 3.40. The number of para-hydroxylation sites is 1. The molecule has 164 valence electrons. The molecule has 1 fully saturated rings. The Morgan fingerprint density at radius 3 is 2.61 bits per heavy atom. The van der Waals surface area contributed by atoms with Gasteiger partial charge >= 0.3 is 0 Å². The number of phenolic OH excluding ortho intramolecular Hbond substituents is 1. The van der Waals surface area contributed by atoms with Crippen LogP contribution in [0.25, 0.3) is 6.08 Å². The maximum Gasteiger partial charge on any atom is 0.256 e. The molecular formula is C23H28N4O4. The third kappa shape index (κ3) is 5.99. The van der Waals surface area contributed by atoms with E-state index in [1.165, 1.54) is 19.3 Å². The number of piperazine rings is 1. The molecule has 8 nitrogen and oxygen atoms in total. The normalized spacial score (nSPS) is 14.5. The van der Waals surface area contributed by atoms with Crippen molar-refractivity contribution in [1.29, 1.82) is 0 Å². The first kappa shape index (κ1) is 22.2. The van der Waals surface area contributed by atoms with Crippen molar-refractivity contribution in [1.82, 2.24) is 15.1 Å². The van der Waals surface area contributed by atoms with Gasteiger partial charge in [-0.15, -0.1) is 0 Å². The quantitative estimate of drug-likeness (QED) is 0.460. The summed E-state index contributed by atoms with van der Waals surface area (Å²) in [6.07, 6.45) is 3.11. The standard InChI is InChI=1S/C23H28N4O4/c1-31-21-16-17(6-8-20(21)28)7-9-22(29)25-10-11-26-12-14-27(15-13-26)23(30)18-4-2-3-5-19(18)24/h2-9,16,28H,10-15,24H2,1H3,(H,25,29). The van der Waals surface area contributed by atoms with Crippen LogP contribution in [0.5, 0.6) is 11.5 Å². The van der Waals surface area contributed by atoms with Gasteiger partial charge in [-0.3, -0.25) is 14.5 Å². The van der Waals surface area contributed by atoms with E-state index in [1.54, 1.807) is 30.3 Å². The Hall–Kier alpha value is -3.52. The van der Waals surface area contributed by atoms with Crippen LogP contribution in [0.1, 0.15) is 15.9 Å². The van der Waals surface area contributed by atoms with Crippen molar-refractivity contribution in [3.05, 3.63) is 59.7 Å². The van der Waals surface area contributed by atoms with Gasteiger partial charge in [0.25, 0.3) is 5.91 Å². The molecule has 4 N–H and O–H groups in total. The molecule has 0 radical (unpaired) electrons. The number of phenols is 1. The average molecular weight is 425 g/mol. The van der Waals surface area contributed by atoms with E-state index >= 15 is 0 Å². The van der Waals surface area contributed by atoms with Gasteiger partial charge in [0.1, 0.15) is 0 Å². The molecule has 2 aromatic carbocycles. The van der Waals surface area contributed by atoms with Gasteiger partial charge in [-0.1, -0.05) is 18.2 Å². The van der Waals surface area contributed by atoms with Crippen LogP contribution in [0, 0.1) is 0 Å². The number of aromatic hydroxyl groups is 1. The second kappa shape index (κ2) is 10.5. The molecule has 2 aromatic rings. The highest BCUT2D eigenvalue weighted by Crippen LogP contribution is 2.26. The molecule has 0 bridgehead atoms. The molecule has 8 heteroatoms. The summed E-state index contributed by atoms with van der Waals surface area (Å²) in [6.45, 7) is 3.98. The van der Waals surface area contributed by atoms with Crippen molar-refractivity contribution in [2.75, 3.05) is 52.1 Å². The lowest BCUT2D eigenvalue weighted by atomic mass is 10.1. The highest BCUT2D eigenvalue weighted by atomic mass is 16.5. The molecule has 0 unspecified atom stereocenters. The fourth-order valence-electron chi connectivity index (χ4n) is 3.40. The number of amides is 2. The molecule has 1 saturated heterocycles. The van der Waals surface area contributed by atoms with Gasteiger partial charge in [0.15, 0.2) is 11.5 Å². The monoisotopic (exact) mass is 424 g/mol. The summed E-state index contributed by atoms with van der Waals surface area (Å²) in [5.74, 6) is 0.177. The third-order valence-electron chi connectivity index (χ3n) is 5.21. The van der Waals surface area contributed by atoms with Gasteiger partial charge in [0.05, 0.1) is 12.7 Å². The second-order valence-corrected chi connectivity index (χ2v) is 7.28. The fraction of sp³-hybridized carbons (Fsp3) is 0.304. The topological polar surface area (TPSA) is 108 Å². The minimum atomic E-state index is -0.194. The predicted molar refractivity (Wildman–Crippen MR) is 120 cm³/mol. The number of hydrogen-bond acceptors (Lipinski definition) is 6. The second-order valence-electron chi connectivity index (χ2n) is 7.28. The number of carbonyl (C=O) groups is 2. The largest absolute Gasteiger partial charge is 0.504 e. The van der Waals surface area contributed by atoms with Crippen molar-refractivity contribution in [2.24, 2.45) is 0 Å². The molecule has 0 atom stereocenters. The first-order valence-corrected chi connectivity index (χ1v) is 10.2. The Morgan fingerprint density at radius 2 is 1.90 bits per heavy atom. The summed E-state index contributed by atoms with van der Waals surface area (Å²) in [7, 11) is 1.47. The zero-order chi connectivity index (χ0) is 22.2. The Kier molecular flexibility index (Phi) is 7.50. The van der Waals surface area contributed by atoms with Crippen LogP contribution in [-0.2, 0) is 4.79 Å². The number of nitrogens with one attached hydrogen (secondary N) is 1. The van der Waals surface area contributed by atoms with Crippen LogP contribution in [0.15, 0.2) is 48.5 Å². The van der Waals surface area contributed by atoms with E-state index in [0.29, 0.717) is 43.2 Å². The number of nitrogens with two attached hydrogens (primary N) is 1. The summed E-state index contributed by atoms with van der Waals surface area (Å²) < 4.78 is 5.06. The number of benzene rings is 2. The number of carbonyl (C=O) groups excluding carboxylic acids is 2. The van der Waals surface area contributed by atoms with Crippen molar-refractivity contribution in [2.45, 2.75) is 0 Å². The van der Waals surface area contributed by atoms with Crippen molar-refractivity contribution < 1.29 is 19.4 Å². The Bertz CT molecular complexity index is 952. The van der Waals surface area contributed by atoms with Crippen LogP contribution >= 0.6 is 0 Å². The number of rotatable bonds is 7. The minimum absolute atomic E-state index is 0.0398. The van der Waals surface area contributed by atoms with Crippen molar-refractivity contribution in [3.63, 3.8) is 0 Å². The summed E-state index contributed by atoms with van der Waals surface area (Å²) in [5, 5.41) is 12.5. The van der Waals surface area contributed by atoms with Crippen LogP contribution in [0.2, 0.25) is 0 Å². The summed E-state index contributed by atoms with van der Waals surface area (Å²) in [5.41, 5.74) is 7.71. The molecule has 0 aliphatic carbocycles. The molecule has 31 heavy (non-hydrogen) atoms. The number of methoxy groups -OCH3 is 1. The maximum absolute atomic E-state index is 12.6. The first-order chi connectivity index (χ1) is 15.0. The lowest BCUT2D eigenvalue weighted by molar-refractivity contribution is -0.116.